The molecule has 100 valence electrons. The maximum Gasteiger partial charge on any atom is 0.351 e. The van der Waals surface area contributed by atoms with Gasteiger partial charge in [0.2, 0.25) is 0 Å². The first-order valence-corrected chi connectivity index (χ1v) is 5.89. The summed E-state index contributed by atoms with van der Waals surface area (Å²) in [5.41, 5.74) is 4.69. The van der Waals surface area contributed by atoms with Crippen molar-refractivity contribution in [3.05, 3.63) is 21.7 Å². The van der Waals surface area contributed by atoms with Gasteiger partial charge in [0.15, 0.2) is 6.23 Å². The lowest BCUT2D eigenvalue weighted by Crippen LogP contribution is -2.33. The first-order chi connectivity index (χ1) is 8.45. The van der Waals surface area contributed by atoms with Crippen molar-refractivity contribution in [2.24, 2.45) is 0 Å². The maximum atomic E-state index is 11.7. The number of aromatic nitrogens is 2. The van der Waals surface area contributed by atoms with Crippen LogP contribution in [0.2, 0.25) is 5.02 Å². The highest BCUT2D eigenvalue weighted by Gasteiger charge is 2.43. The summed E-state index contributed by atoms with van der Waals surface area (Å²) in [4.78, 5) is 15.2. The Labute approximate surface area is 112 Å². The summed E-state index contributed by atoms with van der Waals surface area (Å²) in [6.07, 6.45) is -1.68. The number of nitrogens with zero attached hydrogens (tertiary/aromatic N) is 2. The molecule has 9 heteroatoms. The van der Waals surface area contributed by atoms with Crippen LogP contribution in [-0.4, -0.2) is 44.0 Å². The largest absolute Gasteiger partial charge is 0.394 e. The van der Waals surface area contributed by atoms with Gasteiger partial charge in [-0.25, -0.2) is 4.79 Å². The number of alkyl halides is 1. The lowest BCUT2D eigenvalue weighted by molar-refractivity contribution is -0.0457. The third-order valence-corrected chi connectivity index (χ3v) is 3.45. The van der Waals surface area contributed by atoms with Gasteiger partial charge in [0.1, 0.15) is 23.4 Å². The van der Waals surface area contributed by atoms with Crippen LogP contribution in [0, 0.1) is 0 Å². The average Bonchev–Trinajstić information content (AvgIpc) is 2.61. The van der Waals surface area contributed by atoms with Gasteiger partial charge in [-0.15, -0.1) is 11.6 Å². The van der Waals surface area contributed by atoms with Crippen molar-refractivity contribution >= 4 is 29.0 Å². The van der Waals surface area contributed by atoms with Gasteiger partial charge in [-0.05, 0) is 0 Å². The van der Waals surface area contributed by atoms with E-state index in [2.05, 4.69) is 4.98 Å². The van der Waals surface area contributed by atoms with E-state index in [-0.39, 0.29) is 10.8 Å². The first kappa shape index (κ1) is 13.6. The van der Waals surface area contributed by atoms with Gasteiger partial charge < -0.3 is 20.7 Å². The van der Waals surface area contributed by atoms with E-state index in [9.17, 15) is 9.90 Å². The molecule has 1 aliphatic rings. The van der Waals surface area contributed by atoms with Crippen molar-refractivity contribution in [1.29, 1.82) is 0 Å². The molecule has 2 rings (SSSR count). The van der Waals surface area contributed by atoms with E-state index in [4.69, 9.17) is 38.8 Å². The molecule has 18 heavy (non-hydrogen) atoms. The van der Waals surface area contributed by atoms with Crippen LogP contribution in [0.25, 0.3) is 0 Å². The standard InChI is InChI=1S/C9H11Cl2N3O4/c10-3-1-14(9(17)13-7(3)12)8-5(11)6(16)4(2-15)18-8/h1,4-6,8,15-16H,2H2,(H2,12,13,17)/t4-,5?,6?,8-/m1/s1. The molecule has 1 aliphatic heterocycles. The third kappa shape index (κ3) is 2.19. The van der Waals surface area contributed by atoms with Crippen molar-refractivity contribution in [1.82, 2.24) is 9.55 Å². The highest BCUT2D eigenvalue weighted by Crippen LogP contribution is 2.32. The fourth-order valence-corrected chi connectivity index (χ4v) is 2.21. The summed E-state index contributed by atoms with van der Waals surface area (Å²) in [6.45, 7) is -0.411. The van der Waals surface area contributed by atoms with E-state index in [1.807, 2.05) is 0 Å². The number of rotatable bonds is 2. The number of ether oxygens (including phenoxy) is 1. The van der Waals surface area contributed by atoms with E-state index < -0.39 is 36.1 Å². The quantitative estimate of drug-likeness (QED) is 0.625. The van der Waals surface area contributed by atoms with E-state index in [0.29, 0.717) is 0 Å². The molecular weight excluding hydrogens is 285 g/mol. The molecule has 4 N–H and O–H groups in total. The van der Waals surface area contributed by atoms with E-state index in [1.165, 1.54) is 6.20 Å². The number of hydrogen-bond donors (Lipinski definition) is 3. The van der Waals surface area contributed by atoms with Crippen LogP contribution in [0.1, 0.15) is 6.23 Å². The summed E-state index contributed by atoms with van der Waals surface area (Å²) in [6, 6.07) is 0. The Balaban J connectivity index is 2.39. The van der Waals surface area contributed by atoms with Gasteiger partial charge in [-0.3, -0.25) is 4.57 Å². The second-order valence-corrected chi connectivity index (χ2v) is 4.76. The average molecular weight is 296 g/mol. The molecular formula is C9H11Cl2N3O4. The summed E-state index contributed by atoms with van der Waals surface area (Å²) < 4.78 is 6.33. The van der Waals surface area contributed by atoms with Gasteiger partial charge in [0, 0.05) is 6.20 Å². The van der Waals surface area contributed by atoms with Crippen molar-refractivity contribution in [2.75, 3.05) is 12.3 Å². The van der Waals surface area contributed by atoms with E-state index in [0.717, 1.165) is 4.57 Å². The Hall–Kier alpha value is -0.860. The van der Waals surface area contributed by atoms with Crippen molar-refractivity contribution in [3.63, 3.8) is 0 Å². The second-order valence-electron chi connectivity index (χ2n) is 3.85. The molecule has 0 amide bonds. The molecule has 0 aliphatic carbocycles. The van der Waals surface area contributed by atoms with Crippen LogP contribution in [0.15, 0.2) is 11.0 Å². The van der Waals surface area contributed by atoms with E-state index in [1.54, 1.807) is 0 Å². The summed E-state index contributed by atoms with van der Waals surface area (Å²) in [5, 5.41) is 17.9. The SMILES string of the molecule is Nc1nc(=O)n([C@@H]2O[C@H](CO)C(O)C2Cl)cc1Cl. The van der Waals surface area contributed by atoms with Crippen LogP contribution in [-0.2, 0) is 4.74 Å². The van der Waals surface area contributed by atoms with Gasteiger partial charge in [0.25, 0.3) is 0 Å². The van der Waals surface area contributed by atoms with Crippen molar-refractivity contribution < 1.29 is 14.9 Å². The Morgan fingerprint density at radius 2 is 2.28 bits per heavy atom. The van der Waals surface area contributed by atoms with Gasteiger partial charge in [0.05, 0.1) is 11.6 Å². The minimum absolute atomic E-state index is 0.0732. The highest BCUT2D eigenvalue weighted by atomic mass is 35.5. The zero-order valence-corrected chi connectivity index (χ0v) is 10.5. The molecule has 1 fully saturated rings. The number of halogens is 2. The molecule has 2 heterocycles. The lowest BCUT2D eigenvalue weighted by atomic mass is 10.2. The Kier molecular flexibility index (Phi) is 3.79. The van der Waals surface area contributed by atoms with Crippen LogP contribution >= 0.6 is 23.2 Å². The molecule has 1 aromatic rings. The Bertz CT molecular complexity index is 509. The predicted octanol–water partition coefficient (Wildman–Crippen LogP) is -0.663. The fourth-order valence-electron chi connectivity index (χ4n) is 1.72. The fraction of sp³-hybridized carbons (Fsp3) is 0.556. The number of nitrogens with two attached hydrogens (primary N) is 1. The van der Waals surface area contributed by atoms with Crippen molar-refractivity contribution in [2.45, 2.75) is 23.8 Å². The normalized spacial score (nSPS) is 31.8. The number of anilines is 1. The van der Waals surface area contributed by atoms with Gasteiger partial charge in [-0.2, -0.15) is 4.98 Å². The molecule has 4 atom stereocenters. The highest BCUT2D eigenvalue weighted by molar-refractivity contribution is 6.32. The molecule has 0 spiro atoms. The Morgan fingerprint density at radius 1 is 1.61 bits per heavy atom. The summed E-state index contributed by atoms with van der Waals surface area (Å²) >= 11 is 11.7. The van der Waals surface area contributed by atoms with Gasteiger partial charge >= 0.3 is 5.69 Å². The molecule has 1 aromatic heterocycles. The van der Waals surface area contributed by atoms with Gasteiger partial charge in [-0.1, -0.05) is 11.6 Å². The van der Waals surface area contributed by atoms with Crippen molar-refractivity contribution in [3.8, 4) is 0 Å². The van der Waals surface area contributed by atoms with Crippen LogP contribution in [0.3, 0.4) is 0 Å². The second kappa shape index (κ2) is 5.02. The monoisotopic (exact) mass is 295 g/mol. The first-order valence-electron chi connectivity index (χ1n) is 5.08. The maximum absolute atomic E-state index is 11.7. The lowest BCUT2D eigenvalue weighted by Gasteiger charge is -2.16. The van der Waals surface area contributed by atoms with E-state index >= 15 is 0 Å². The number of aliphatic hydroxyl groups is 2. The predicted molar refractivity (Wildman–Crippen MR) is 64.6 cm³/mol. The smallest absolute Gasteiger partial charge is 0.351 e. The summed E-state index contributed by atoms with van der Waals surface area (Å²) in [7, 11) is 0. The van der Waals surface area contributed by atoms with Crippen LogP contribution in [0.4, 0.5) is 5.82 Å². The minimum atomic E-state index is -1.09. The molecule has 0 bridgehead atoms. The number of hydrogen-bond acceptors (Lipinski definition) is 6. The number of aliphatic hydroxyl groups excluding tert-OH is 2. The molecule has 7 nitrogen and oxygen atoms in total. The topological polar surface area (TPSA) is 111 Å². The molecule has 0 saturated carbocycles. The van der Waals surface area contributed by atoms with Crippen LogP contribution in [0.5, 0.6) is 0 Å². The molecule has 0 radical (unpaired) electrons. The zero-order valence-electron chi connectivity index (χ0n) is 9.03. The molecule has 2 unspecified atom stereocenters. The number of nitrogen functional groups attached to an aromatic ring is 1. The molecule has 1 saturated heterocycles. The summed E-state index contributed by atoms with van der Waals surface area (Å²) in [5.74, 6) is -0.0960. The Morgan fingerprint density at radius 3 is 2.83 bits per heavy atom. The minimum Gasteiger partial charge on any atom is -0.394 e. The molecule has 0 aromatic carbocycles. The van der Waals surface area contributed by atoms with Crippen LogP contribution < -0.4 is 11.4 Å². The zero-order chi connectivity index (χ0) is 13.4. The third-order valence-electron chi connectivity index (χ3n) is 2.68.